The van der Waals surface area contributed by atoms with Crippen LogP contribution in [0.3, 0.4) is 0 Å². The highest BCUT2D eigenvalue weighted by atomic mass is 32.1. The van der Waals surface area contributed by atoms with Gasteiger partial charge in [-0.15, -0.1) is 11.3 Å². The zero-order chi connectivity index (χ0) is 13.0. The van der Waals surface area contributed by atoms with Crippen molar-refractivity contribution in [3.63, 3.8) is 0 Å². The number of nitrogens with one attached hydrogen (secondary N) is 1. The molecule has 2 rings (SSSR count). The molecule has 1 fully saturated rings. The topological polar surface area (TPSA) is 15.3 Å². The largest absolute Gasteiger partial charge is 0.311 e. The maximum Gasteiger partial charge on any atom is 0.0300 e. The molecule has 0 bridgehead atoms. The molecule has 0 spiro atoms. The molecule has 1 aromatic rings. The molecular formula is C15H26N2S. The average Bonchev–Trinajstić information content (AvgIpc) is 2.93. The van der Waals surface area contributed by atoms with Crippen LogP contribution >= 0.6 is 11.3 Å². The molecule has 1 N–H and O–H groups in total. The Kier molecular flexibility index (Phi) is 5.22. The highest BCUT2D eigenvalue weighted by molar-refractivity contribution is 7.11. The predicted molar refractivity (Wildman–Crippen MR) is 80.2 cm³/mol. The second-order valence-electron chi connectivity index (χ2n) is 5.68. The number of thiophene rings is 1. The van der Waals surface area contributed by atoms with E-state index < -0.39 is 0 Å². The molecule has 2 heterocycles. The molecule has 2 nitrogen and oxygen atoms in total. The molecule has 0 aliphatic carbocycles. The van der Waals surface area contributed by atoms with E-state index in [0.29, 0.717) is 0 Å². The lowest BCUT2D eigenvalue weighted by Crippen LogP contribution is -2.38. The Balaban J connectivity index is 1.66. The van der Waals surface area contributed by atoms with Crippen LogP contribution in [0.15, 0.2) is 12.1 Å². The summed E-state index contributed by atoms with van der Waals surface area (Å²) in [5.41, 5.74) is 0. The summed E-state index contributed by atoms with van der Waals surface area (Å²) in [5, 5.41) is 3.57. The molecule has 0 saturated carbocycles. The van der Waals surface area contributed by atoms with Crippen LogP contribution in [-0.2, 0) is 6.54 Å². The Hall–Kier alpha value is -0.380. The maximum absolute atomic E-state index is 3.57. The molecule has 1 aliphatic rings. The van der Waals surface area contributed by atoms with Crippen molar-refractivity contribution < 1.29 is 0 Å². The van der Waals surface area contributed by atoms with Crippen LogP contribution in [0.2, 0.25) is 0 Å². The highest BCUT2D eigenvalue weighted by Gasteiger charge is 2.26. The second-order valence-corrected chi connectivity index (χ2v) is 7.05. The van der Waals surface area contributed by atoms with Crippen LogP contribution in [0.5, 0.6) is 0 Å². The van der Waals surface area contributed by atoms with Gasteiger partial charge >= 0.3 is 0 Å². The van der Waals surface area contributed by atoms with Crippen molar-refractivity contribution in [2.24, 2.45) is 5.92 Å². The molecule has 1 atom stereocenters. The minimum atomic E-state index is 0.799. The fourth-order valence-corrected chi connectivity index (χ4v) is 3.76. The fourth-order valence-electron chi connectivity index (χ4n) is 2.90. The molecular weight excluding hydrogens is 240 g/mol. The third kappa shape index (κ3) is 3.81. The number of aryl methyl sites for hydroxylation is 1. The first-order chi connectivity index (χ1) is 8.66. The van der Waals surface area contributed by atoms with E-state index >= 15 is 0 Å². The molecule has 1 saturated heterocycles. The van der Waals surface area contributed by atoms with Gasteiger partial charge in [-0.25, -0.2) is 0 Å². The van der Waals surface area contributed by atoms with Crippen molar-refractivity contribution in [1.29, 1.82) is 0 Å². The van der Waals surface area contributed by atoms with E-state index in [2.05, 4.69) is 43.1 Å². The molecule has 102 valence electrons. The molecule has 1 aromatic heterocycles. The number of rotatable bonds is 6. The van der Waals surface area contributed by atoms with Crippen LogP contribution < -0.4 is 5.32 Å². The van der Waals surface area contributed by atoms with Crippen LogP contribution in [0, 0.1) is 12.8 Å². The van der Waals surface area contributed by atoms with Gasteiger partial charge < -0.3 is 5.32 Å². The first-order valence-electron chi connectivity index (χ1n) is 7.17. The third-order valence-electron chi connectivity index (χ3n) is 3.85. The summed E-state index contributed by atoms with van der Waals surface area (Å²) >= 11 is 1.90. The maximum atomic E-state index is 3.57. The van der Waals surface area contributed by atoms with Crippen LogP contribution in [0.25, 0.3) is 0 Å². The second kappa shape index (κ2) is 6.69. The van der Waals surface area contributed by atoms with Gasteiger partial charge in [-0.3, -0.25) is 4.90 Å². The molecule has 0 radical (unpaired) electrons. The van der Waals surface area contributed by atoms with Crippen molar-refractivity contribution >= 4 is 11.3 Å². The Morgan fingerprint density at radius 1 is 1.44 bits per heavy atom. The van der Waals surface area contributed by atoms with Gasteiger partial charge in [-0.2, -0.15) is 0 Å². The first-order valence-corrected chi connectivity index (χ1v) is 7.98. The van der Waals surface area contributed by atoms with Crippen LogP contribution in [0.4, 0.5) is 0 Å². The van der Waals surface area contributed by atoms with E-state index in [1.54, 1.807) is 0 Å². The standard InChI is InChI=1S/C15H26N2S/c1-12(2)15-5-4-9-17(15)10-8-16-11-14-7-6-13(3)18-14/h6-7,12,15-16H,4-5,8-11H2,1-3H3. The third-order valence-corrected chi connectivity index (χ3v) is 4.86. The molecule has 0 aromatic carbocycles. The first kappa shape index (κ1) is 14.0. The summed E-state index contributed by atoms with van der Waals surface area (Å²) in [4.78, 5) is 5.53. The van der Waals surface area contributed by atoms with Crippen LogP contribution in [-0.4, -0.2) is 30.6 Å². The van der Waals surface area contributed by atoms with E-state index in [0.717, 1.165) is 25.0 Å². The van der Waals surface area contributed by atoms with Gasteiger partial charge in [0.1, 0.15) is 0 Å². The molecule has 1 unspecified atom stereocenters. The lowest BCUT2D eigenvalue weighted by molar-refractivity contribution is 0.207. The van der Waals surface area contributed by atoms with Gasteiger partial charge in [0.25, 0.3) is 0 Å². The lowest BCUT2D eigenvalue weighted by atomic mass is 10.0. The van der Waals surface area contributed by atoms with E-state index in [9.17, 15) is 0 Å². The van der Waals surface area contributed by atoms with Gasteiger partial charge in [0.2, 0.25) is 0 Å². The number of hydrogen-bond donors (Lipinski definition) is 1. The minimum absolute atomic E-state index is 0.799. The van der Waals surface area contributed by atoms with Crippen molar-refractivity contribution in [2.45, 2.75) is 46.2 Å². The Morgan fingerprint density at radius 2 is 2.28 bits per heavy atom. The number of hydrogen-bond acceptors (Lipinski definition) is 3. The highest BCUT2D eigenvalue weighted by Crippen LogP contribution is 2.22. The zero-order valence-corrected chi connectivity index (χ0v) is 12.7. The van der Waals surface area contributed by atoms with Crippen molar-refractivity contribution in [1.82, 2.24) is 10.2 Å². The summed E-state index contributed by atoms with van der Waals surface area (Å²) < 4.78 is 0. The van der Waals surface area contributed by atoms with Crippen molar-refractivity contribution in [3.05, 3.63) is 21.9 Å². The number of nitrogens with zero attached hydrogens (tertiary/aromatic N) is 1. The normalized spacial score (nSPS) is 21.0. The molecule has 18 heavy (non-hydrogen) atoms. The van der Waals surface area contributed by atoms with Gasteiger partial charge in [0, 0.05) is 35.4 Å². The quantitative estimate of drug-likeness (QED) is 0.795. The average molecular weight is 266 g/mol. The monoisotopic (exact) mass is 266 g/mol. The van der Waals surface area contributed by atoms with E-state index in [1.807, 2.05) is 11.3 Å². The minimum Gasteiger partial charge on any atom is -0.311 e. The summed E-state index contributed by atoms with van der Waals surface area (Å²) in [6, 6.07) is 5.26. The summed E-state index contributed by atoms with van der Waals surface area (Å²) in [6.45, 7) is 11.5. The predicted octanol–water partition coefficient (Wildman–Crippen LogP) is 3.27. The Morgan fingerprint density at radius 3 is 2.94 bits per heavy atom. The van der Waals surface area contributed by atoms with Crippen molar-refractivity contribution in [2.75, 3.05) is 19.6 Å². The van der Waals surface area contributed by atoms with Gasteiger partial charge in [0.05, 0.1) is 0 Å². The SMILES string of the molecule is Cc1ccc(CNCCN2CCCC2C(C)C)s1. The molecule has 1 aliphatic heterocycles. The smallest absolute Gasteiger partial charge is 0.0300 e. The molecule has 0 amide bonds. The summed E-state index contributed by atoms with van der Waals surface area (Å²) in [5.74, 6) is 0.799. The number of likely N-dealkylation sites (tertiary alicyclic amines) is 1. The Labute approximate surface area is 115 Å². The summed E-state index contributed by atoms with van der Waals surface area (Å²) in [7, 11) is 0. The molecule has 3 heteroatoms. The Bertz CT molecular complexity index is 359. The van der Waals surface area contributed by atoms with Gasteiger partial charge in [0.15, 0.2) is 0 Å². The lowest BCUT2D eigenvalue weighted by Gasteiger charge is -2.27. The van der Waals surface area contributed by atoms with Gasteiger partial charge in [-0.1, -0.05) is 13.8 Å². The fraction of sp³-hybridized carbons (Fsp3) is 0.733. The van der Waals surface area contributed by atoms with E-state index in [-0.39, 0.29) is 0 Å². The van der Waals surface area contributed by atoms with E-state index in [4.69, 9.17) is 0 Å². The zero-order valence-electron chi connectivity index (χ0n) is 11.9. The van der Waals surface area contributed by atoms with Crippen LogP contribution in [0.1, 0.15) is 36.4 Å². The van der Waals surface area contributed by atoms with E-state index in [1.165, 1.54) is 35.7 Å². The van der Waals surface area contributed by atoms with Gasteiger partial charge in [-0.05, 0) is 44.4 Å². The van der Waals surface area contributed by atoms with Crippen molar-refractivity contribution in [3.8, 4) is 0 Å². The summed E-state index contributed by atoms with van der Waals surface area (Å²) in [6.07, 6.45) is 2.77.